The van der Waals surface area contributed by atoms with Gasteiger partial charge in [-0.3, -0.25) is 14.9 Å². The Morgan fingerprint density at radius 3 is 2.50 bits per heavy atom. The number of hydrogen-bond donors (Lipinski definition) is 2. The van der Waals surface area contributed by atoms with Crippen LogP contribution in [-0.4, -0.2) is 52.3 Å². The second-order valence-electron chi connectivity index (χ2n) is 2.52. The molecular formula is C8H16N2O4. The van der Waals surface area contributed by atoms with Crippen LogP contribution in [0, 0.1) is 0 Å². The first-order valence-corrected chi connectivity index (χ1v) is 4.24. The predicted octanol–water partition coefficient (Wildman–Crippen LogP) is -1.49. The van der Waals surface area contributed by atoms with E-state index in [0.29, 0.717) is 13.2 Å². The highest BCUT2D eigenvalue weighted by molar-refractivity contribution is 5.79. The molecule has 0 saturated carbocycles. The van der Waals surface area contributed by atoms with Crippen molar-refractivity contribution in [3.8, 4) is 0 Å². The highest BCUT2D eigenvalue weighted by Gasteiger charge is 2.02. The van der Waals surface area contributed by atoms with E-state index in [1.165, 1.54) is 7.11 Å². The molecule has 0 spiro atoms. The minimum atomic E-state index is -0.394. The summed E-state index contributed by atoms with van der Waals surface area (Å²) in [6, 6.07) is 0. The Morgan fingerprint density at radius 1 is 1.21 bits per heavy atom. The van der Waals surface area contributed by atoms with Crippen molar-refractivity contribution in [1.82, 2.24) is 10.6 Å². The first-order valence-electron chi connectivity index (χ1n) is 4.24. The zero-order valence-electron chi connectivity index (χ0n) is 8.46. The molecule has 0 fully saturated rings. The average Bonchev–Trinajstić information content (AvgIpc) is 2.18. The zero-order chi connectivity index (χ0) is 10.8. The third kappa shape index (κ3) is 7.51. The number of amides is 1. The second-order valence-corrected chi connectivity index (χ2v) is 2.52. The van der Waals surface area contributed by atoms with E-state index in [2.05, 4.69) is 15.4 Å². The highest BCUT2D eigenvalue weighted by Crippen LogP contribution is 1.71. The van der Waals surface area contributed by atoms with Crippen LogP contribution in [0.15, 0.2) is 0 Å². The average molecular weight is 204 g/mol. The largest absolute Gasteiger partial charge is 0.468 e. The van der Waals surface area contributed by atoms with Crippen molar-refractivity contribution in [1.29, 1.82) is 0 Å². The summed E-state index contributed by atoms with van der Waals surface area (Å²) in [5.74, 6) is -0.569. The fourth-order valence-electron chi connectivity index (χ4n) is 0.705. The van der Waals surface area contributed by atoms with Crippen molar-refractivity contribution in [2.24, 2.45) is 0 Å². The molecule has 0 aliphatic heterocycles. The van der Waals surface area contributed by atoms with E-state index in [4.69, 9.17) is 4.74 Å². The number of esters is 1. The van der Waals surface area contributed by atoms with Crippen LogP contribution in [0.5, 0.6) is 0 Å². The minimum absolute atomic E-state index is 0.0359. The fraction of sp³-hybridized carbons (Fsp3) is 0.750. The molecule has 0 aliphatic carbocycles. The van der Waals surface area contributed by atoms with Crippen LogP contribution >= 0.6 is 0 Å². The predicted molar refractivity (Wildman–Crippen MR) is 49.8 cm³/mol. The number of carbonyl (C=O) groups excluding carboxylic acids is 2. The Hall–Kier alpha value is -1.14. The molecule has 0 radical (unpaired) electrons. The molecule has 82 valence electrons. The topological polar surface area (TPSA) is 76.7 Å². The van der Waals surface area contributed by atoms with Crippen molar-refractivity contribution >= 4 is 11.9 Å². The molecule has 6 nitrogen and oxygen atoms in total. The number of carbonyl (C=O) groups is 2. The van der Waals surface area contributed by atoms with Gasteiger partial charge in [-0.25, -0.2) is 0 Å². The molecule has 0 unspecified atom stereocenters. The molecule has 0 rings (SSSR count). The monoisotopic (exact) mass is 204 g/mol. The molecule has 0 heterocycles. The summed E-state index contributed by atoms with van der Waals surface area (Å²) in [5, 5.41) is 5.23. The molecule has 0 bridgehead atoms. The van der Waals surface area contributed by atoms with Crippen molar-refractivity contribution in [2.75, 3.05) is 40.5 Å². The molecule has 6 heteroatoms. The van der Waals surface area contributed by atoms with Crippen LogP contribution < -0.4 is 10.6 Å². The van der Waals surface area contributed by atoms with E-state index >= 15 is 0 Å². The lowest BCUT2D eigenvalue weighted by Gasteiger charge is -2.04. The van der Waals surface area contributed by atoms with Gasteiger partial charge in [-0.2, -0.15) is 0 Å². The first-order chi connectivity index (χ1) is 6.70. The lowest BCUT2D eigenvalue weighted by Crippen LogP contribution is -2.37. The first kappa shape index (κ1) is 12.9. The Bertz CT molecular complexity index is 184. The fourth-order valence-corrected chi connectivity index (χ4v) is 0.705. The number of methoxy groups -OCH3 is 2. The van der Waals surface area contributed by atoms with E-state index in [1.54, 1.807) is 7.11 Å². The summed E-state index contributed by atoms with van der Waals surface area (Å²) in [6.45, 7) is 1.07. The van der Waals surface area contributed by atoms with Gasteiger partial charge in [0.1, 0.15) is 0 Å². The van der Waals surface area contributed by atoms with Crippen LogP contribution in [0.1, 0.15) is 0 Å². The van der Waals surface area contributed by atoms with Crippen LogP contribution in [0.3, 0.4) is 0 Å². The van der Waals surface area contributed by atoms with E-state index in [1.807, 2.05) is 0 Å². The van der Waals surface area contributed by atoms with Gasteiger partial charge in [-0.05, 0) is 0 Å². The maximum Gasteiger partial charge on any atom is 0.319 e. The van der Waals surface area contributed by atoms with Gasteiger partial charge in [0.05, 0.1) is 26.8 Å². The zero-order valence-corrected chi connectivity index (χ0v) is 8.46. The van der Waals surface area contributed by atoms with E-state index in [0.717, 1.165) is 0 Å². The minimum Gasteiger partial charge on any atom is -0.468 e. The summed E-state index contributed by atoms with van der Waals surface area (Å²) in [6.07, 6.45) is 0. The van der Waals surface area contributed by atoms with Gasteiger partial charge in [0.2, 0.25) is 5.91 Å². The Morgan fingerprint density at radius 2 is 1.93 bits per heavy atom. The summed E-state index contributed by atoms with van der Waals surface area (Å²) in [7, 11) is 2.85. The standard InChI is InChI=1S/C8H16N2O4/c1-13-4-3-10-7(11)5-9-6-8(12)14-2/h9H,3-6H2,1-2H3,(H,10,11). The molecule has 0 aromatic carbocycles. The SMILES string of the molecule is COCCNC(=O)CNCC(=O)OC. The molecule has 0 aromatic heterocycles. The molecular weight excluding hydrogens is 188 g/mol. The van der Waals surface area contributed by atoms with E-state index < -0.39 is 5.97 Å². The smallest absolute Gasteiger partial charge is 0.319 e. The van der Waals surface area contributed by atoms with Crippen molar-refractivity contribution in [3.63, 3.8) is 0 Å². The van der Waals surface area contributed by atoms with E-state index in [9.17, 15) is 9.59 Å². The molecule has 0 aliphatic rings. The maximum atomic E-state index is 11.0. The van der Waals surface area contributed by atoms with Crippen molar-refractivity contribution in [3.05, 3.63) is 0 Å². The normalized spacial score (nSPS) is 9.57. The van der Waals surface area contributed by atoms with Gasteiger partial charge in [-0.1, -0.05) is 0 Å². The van der Waals surface area contributed by atoms with Crippen LogP contribution in [0.2, 0.25) is 0 Å². The summed E-state index contributed by atoms with van der Waals surface area (Å²) in [5.41, 5.74) is 0. The van der Waals surface area contributed by atoms with Gasteiger partial charge in [0.25, 0.3) is 0 Å². The lowest BCUT2D eigenvalue weighted by atomic mass is 10.5. The van der Waals surface area contributed by atoms with Crippen molar-refractivity contribution in [2.45, 2.75) is 0 Å². The van der Waals surface area contributed by atoms with Gasteiger partial charge < -0.3 is 14.8 Å². The van der Waals surface area contributed by atoms with Gasteiger partial charge in [0.15, 0.2) is 0 Å². The molecule has 0 atom stereocenters. The Kier molecular flexibility index (Phi) is 7.77. The highest BCUT2D eigenvalue weighted by atomic mass is 16.5. The molecule has 0 aromatic rings. The molecule has 14 heavy (non-hydrogen) atoms. The van der Waals surface area contributed by atoms with Crippen molar-refractivity contribution < 1.29 is 19.1 Å². The maximum absolute atomic E-state index is 11.0. The molecule has 1 amide bonds. The Labute approximate surface area is 82.9 Å². The van der Waals surface area contributed by atoms with E-state index in [-0.39, 0.29) is 19.0 Å². The summed E-state index contributed by atoms with van der Waals surface area (Å²) >= 11 is 0. The molecule has 0 saturated heterocycles. The summed E-state index contributed by atoms with van der Waals surface area (Å²) in [4.78, 5) is 21.6. The van der Waals surface area contributed by atoms with Gasteiger partial charge in [0, 0.05) is 13.7 Å². The van der Waals surface area contributed by atoms with Gasteiger partial charge in [-0.15, -0.1) is 0 Å². The molecule has 2 N–H and O–H groups in total. The number of ether oxygens (including phenoxy) is 2. The summed E-state index contributed by atoms with van der Waals surface area (Å²) < 4.78 is 9.12. The third-order valence-electron chi connectivity index (χ3n) is 1.41. The number of hydrogen-bond acceptors (Lipinski definition) is 5. The van der Waals surface area contributed by atoms with Crippen LogP contribution in [-0.2, 0) is 19.1 Å². The second kappa shape index (κ2) is 8.46. The van der Waals surface area contributed by atoms with Crippen LogP contribution in [0.4, 0.5) is 0 Å². The quantitative estimate of drug-likeness (QED) is 0.390. The third-order valence-corrected chi connectivity index (χ3v) is 1.41. The van der Waals surface area contributed by atoms with Gasteiger partial charge >= 0.3 is 5.97 Å². The Balaban J connectivity index is 3.31. The number of rotatable bonds is 7. The van der Waals surface area contributed by atoms with Crippen LogP contribution in [0.25, 0.3) is 0 Å². The number of nitrogens with one attached hydrogen (secondary N) is 2. The lowest BCUT2D eigenvalue weighted by molar-refractivity contribution is -0.139.